The molecular weight excluding hydrogens is 304 g/mol. The van der Waals surface area contributed by atoms with E-state index in [0.717, 1.165) is 31.8 Å². The van der Waals surface area contributed by atoms with E-state index < -0.39 is 10.0 Å². The van der Waals surface area contributed by atoms with E-state index in [1.165, 1.54) is 0 Å². The maximum atomic E-state index is 12.0. The first-order valence-corrected chi connectivity index (χ1v) is 9.59. The van der Waals surface area contributed by atoms with Crippen LogP contribution >= 0.6 is 0 Å². The SMILES string of the molecule is CCS(=O)(=O)N[C@@H]1CN(Cc2ccco2)C[C@@H]2CCCO[C@@H]21. The van der Waals surface area contributed by atoms with Gasteiger partial charge in [-0.25, -0.2) is 13.1 Å². The Labute approximate surface area is 131 Å². The minimum Gasteiger partial charge on any atom is -0.468 e. The highest BCUT2D eigenvalue weighted by Crippen LogP contribution is 2.29. The number of furan rings is 1. The van der Waals surface area contributed by atoms with Crippen molar-refractivity contribution in [2.24, 2.45) is 5.92 Å². The highest BCUT2D eigenvalue weighted by molar-refractivity contribution is 7.89. The Morgan fingerprint density at radius 2 is 2.27 bits per heavy atom. The summed E-state index contributed by atoms with van der Waals surface area (Å²) < 4.78 is 38.1. The van der Waals surface area contributed by atoms with Crippen LogP contribution in [-0.4, -0.2) is 50.9 Å². The number of hydrogen-bond donors (Lipinski definition) is 1. The van der Waals surface area contributed by atoms with Crippen LogP contribution in [0.2, 0.25) is 0 Å². The number of rotatable bonds is 5. The zero-order chi connectivity index (χ0) is 15.6. The highest BCUT2D eigenvalue weighted by atomic mass is 32.2. The Kier molecular flexibility index (Phi) is 4.87. The summed E-state index contributed by atoms with van der Waals surface area (Å²) in [5.41, 5.74) is 0. The summed E-state index contributed by atoms with van der Waals surface area (Å²) in [7, 11) is -3.24. The van der Waals surface area contributed by atoms with Crippen molar-refractivity contribution >= 4 is 10.0 Å². The minimum atomic E-state index is -3.24. The van der Waals surface area contributed by atoms with Gasteiger partial charge in [-0.2, -0.15) is 0 Å². The smallest absolute Gasteiger partial charge is 0.211 e. The number of ether oxygens (including phenoxy) is 1. The largest absolute Gasteiger partial charge is 0.468 e. The summed E-state index contributed by atoms with van der Waals surface area (Å²) in [4.78, 5) is 2.26. The Morgan fingerprint density at radius 3 is 3.00 bits per heavy atom. The van der Waals surface area contributed by atoms with Gasteiger partial charge in [-0.15, -0.1) is 0 Å². The highest BCUT2D eigenvalue weighted by Gasteiger charge is 2.40. The van der Waals surface area contributed by atoms with Crippen LogP contribution in [0.25, 0.3) is 0 Å². The van der Waals surface area contributed by atoms with Crippen molar-refractivity contribution in [2.45, 2.75) is 38.5 Å². The molecule has 3 atom stereocenters. The van der Waals surface area contributed by atoms with E-state index in [4.69, 9.17) is 9.15 Å². The van der Waals surface area contributed by atoms with Gasteiger partial charge in [-0.1, -0.05) is 0 Å². The Morgan fingerprint density at radius 1 is 1.41 bits per heavy atom. The van der Waals surface area contributed by atoms with Gasteiger partial charge in [0.1, 0.15) is 5.76 Å². The van der Waals surface area contributed by atoms with Crippen molar-refractivity contribution in [3.63, 3.8) is 0 Å². The number of piperidine rings is 1. The lowest BCUT2D eigenvalue weighted by Crippen LogP contribution is -2.60. The maximum absolute atomic E-state index is 12.0. The predicted molar refractivity (Wildman–Crippen MR) is 82.8 cm³/mol. The van der Waals surface area contributed by atoms with Crippen molar-refractivity contribution in [3.8, 4) is 0 Å². The number of hydrogen-bond acceptors (Lipinski definition) is 5. The summed E-state index contributed by atoms with van der Waals surface area (Å²) in [6.45, 7) is 4.67. The van der Waals surface area contributed by atoms with Gasteiger partial charge < -0.3 is 9.15 Å². The fourth-order valence-corrected chi connectivity index (χ4v) is 4.30. The molecule has 0 bridgehead atoms. The number of sulfonamides is 1. The van der Waals surface area contributed by atoms with Crippen LogP contribution in [0.1, 0.15) is 25.5 Å². The van der Waals surface area contributed by atoms with Gasteiger partial charge in [0.2, 0.25) is 10.0 Å². The lowest BCUT2D eigenvalue weighted by atomic mass is 9.86. The van der Waals surface area contributed by atoms with Crippen LogP contribution in [0, 0.1) is 5.92 Å². The van der Waals surface area contributed by atoms with Crippen molar-refractivity contribution in [3.05, 3.63) is 24.2 Å². The second kappa shape index (κ2) is 6.70. The van der Waals surface area contributed by atoms with E-state index in [1.54, 1.807) is 13.2 Å². The molecule has 2 saturated heterocycles. The monoisotopic (exact) mass is 328 g/mol. The lowest BCUT2D eigenvalue weighted by molar-refractivity contribution is -0.0831. The molecular formula is C15H24N2O4S. The van der Waals surface area contributed by atoms with Crippen LogP contribution in [0.3, 0.4) is 0 Å². The Hall–Kier alpha value is -0.890. The molecule has 1 aromatic rings. The first kappa shape index (κ1) is 16.0. The summed E-state index contributed by atoms with van der Waals surface area (Å²) in [6.07, 6.45) is 3.79. The minimum absolute atomic E-state index is 0.0112. The molecule has 22 heavy (non-hydrogen) atoms. The average molecular weight is 328 g/mol. The summed E-state index contributed by atoms with van der Waals surface area (Å²) >= 11 is 0. The molecule has 0 radical (unpaired) electrons. The maximum Gasteiger partial charge on any atom is 0.211 e. The van der Waals surface area contributed by atoms with E-state index in [9.17, 15) is 8.42 Å². The molecule has 124 valence electrons. The number of likely N-dealkylation sites (tertiary alicyclic amines) is 1. The third-order valence-electron chi connectivity index (χ3n) is 4.51. The second-order valence-electron chi connectivity index (χ2n) is 6.14. The first-order valence-electron chi connectivity index (χ1n) is 7.94. The van der Waals surface area contributed by atoms with Crippen LogP contribution < -0.4 is 4.72 Å². The van der Waals surface area contributed by atoms with Gasteiger partial charge in [0.05, 0.1) is 30.7 Å². The molecule has 2 aliphatic heterocycles. The molecule has 0 spiro atoms. The molecule has 6 nitrogen and oxygen atoms in total. The van der Waals surface area contributed by atoms with Gasteiger partial charge in [-0.05, 0) is 37.8 Å². The molecule has 1 N–H and O–H groups in total. The molecule has 7 heteroatoms. The van der Waals surface area contributed by atoms with Gasteiger partial charge in [0, 0.05) is 19.7 Å². The third kappa shape index (κ3) is 3.71. The molecule has 3 rings (SSSR count). The predicted octanol–water partition coefficient (Wildman–Crippen LogP) is 1.20. The second-order valence-corrected chi connectivity index (χ2v) is 8.18. The van der Waals surface area contributed by atoms with Gasteiger partial charge >= 0.3 is 0 Å². The van der Waals surface area contributed by atoms with Crippen molar-refractivity contribution < 1.29 is 17.6 Å². The summed E-state index contributed by atoms with van der Waals surface area (Å²) in [6, 6.07) is 3.65. The van der Waals surface area contributed by atoms with Gasteiger partial charge in [0.15, 0.2) is 0 Å². The molecule has 0 aromatic carbocycles. The average Bonchev–Trinajstić information content (AvgIpc) is 3.00. The van der Waals surface area contributed by atoms with Gasteiger partial charge in [0.25, 0.3) is 0 Å². The molecule has 0 saturated carbocycles. The number of nitrogens with zero attached hydrogens (tertiary/aromatic N) is 1. The first-order chi connectivity index (χ1) is 10.6. The quantitative estimate of drug-likeness (QED) is 0.879. The van der Waals surface area contributed by atoms with Crippen molar-refractivity contribution in [1.29, 1.82) is 0 Å². The molecule has 3 heterocycles. The topological polar surface area (TPSA) is 71.8 Å². The van der Waals surface area contributed by atoms with E-state index in [0.29, 0.717) is 19.0 Å². The molecule has 1 aromatic heterocycles. The van der Waals surface area contributed by atoms with Crippen molar-refractivity contribution in [1.82, 2.24) is 9.62 Å². The van der Waals surface area contributed by atoms with E-state index in [1.807, 2.05) is 12.1 Å². The summed E-state index contributed by atoms with van der Waals surface area (Å²) in [5.74, 6) is 1.38. The molecule has 2 aliphatic rings. The van der Waals surface area contributed by atoms with Crippen LogP contribution in [0.5, 0.6) is 0 Å². The van der Waals surface area contributed by atoms with Crippen LogP contribution in [-0.2, 0) is 21.3 Å². The number of nitrogens with one attached hydrogen (secondary N) is 1. The Bertz CT molecular complexity index is 572. The normalized spacial score (nSPS) is 30.1. The van der Waals surface area contributed by atoms with E-state index in [2.05, 4.69) is 9.62 Å². The fraction of sp³-hybridized carbons (Fsp3) is 0.733. The number of fused-ring (bicyclic) bond motifs is 1. The van der Waals surface area contributed by atoms with E-state index in [-0.39, 0.29) is 17.9 Å². The molecule has 0 aliphatic carbocycles. The van der Waals surface area contributed by atoms with Crippen molar-refractivity contribution in [2.75, 3.05) is 25.4 Å². The summed E-state index contributed by atoms with van der Waals surface area (Å²) in [5, 5.41) is 0. The van der Waals surface area contributed by atoms with E-state index >= 15 is 0 Å². The third-order valence-corrected chi connectivity index (χ3v) is 5.93. The Balaban J connectivity index is 1.73. The zero-order valence-electron chi connectivity index (χ0n) is 12.9. The zero-order valence-corrected chi connectivity index (χ0v) is 13.7. The molecule has 0 unspecified atom stereocenters. The van der Waals surface area contributed by atoms with Gasteiger partial charge in [-0.3, -0.25) is 4.90 Å². The lowest BCUT2D eigenvalue weighted by Gasteiger charge is -2.45. The standard InChI is InChI=1S/C15H24N2O4S/c1-2-22(18,19)16-14-11-17(10-13-6-4-7-20-13)9-12-5-3-8-21-15(12)14/h4,6-7,12,14-16H,2-3,5,8-11H2,1H3/t12-,14+,15-/m0/s1. The molecule has 0 amide bonds. The van der Waals surface area contributed by atoms with Crippen LogP contribution in [0.4, 0.5) is 0 Å². The molecule has 2 fully saturated rings. The van der Waals surface area contributed by atoms with Crippen LogP contribution in [0.15, 0.2) is 22.8 Å². The fourth-order valence-electron chi connectivity index (χ4n) is 3.46.